The summed E-state index contributed by atoms with van der Waals surface area (Å²) in [7, 11) is 0. The summed E-state index contributed by atoms with van der Waals surface area (Å²) < 4.78 is 5.48. The fourth-order valence-electron chi connectivity index (χ4n) is 1.15. The van der Waals surface area contributed by atoms with Crippen LogP contribution in [0.5, 0.6) is 0 Å². The summed E-state index contributed by atoms with van der Waals surface area (Å²) in [6.07, 6.45) is 2.30. The molecule has 0 saturated carbocycles. The molecular weight excluding hydrogens is 180 g/mol. The highest BCUT2D eigenvalue weighted by atomic mass is 16.5. The van der Waals surface area contributed by atoms with Crippen LogP contribution in [0.25, 0.3) is 0 Å². The van der Waals surface area contributed by atoms with Crippen LogP contribution in [0.4, 0.5) is 0 Å². The monoisotopic (exact) mass is 204 g/mol. The summed E-state index contributed by atoms with van der Waals surface area (Å²) in [5.74, 6) is 0. The molecule has 0 aromatic heterocycles. The lowest BCUT2D eigenvalue weighted by atomic mass is 10.2. The Labute approximate surface area is 86.8 Å². The third kappa shape index (κ3) is 7.26. The van der Waals surface area contributed by atoms with Gasteiger partial charge in [-0.3, -0.25) is 5.32 Å². The zero-order chi connectivity index (χ0) is 11.0. The maximum absolute atomic E-state index is 9.37. The molecule has 0 aromatic rings. The Hall–Kier alpha value is -0.160. The molecular formula is C10H24N2O2. The van der Waals surface area contributed by atoms with Crippen LogP contribution in [0.3, 0.4) is 0 Å². The number of rotatable bonds is 8. The molecule has 14 heavy (non-hydrogen) atoms. The molecule has 4 N–H and O–H groups in total. The standard InChI is InChI=1S/C10H24N2O2/c1-4-5-6-7-14-10(8(2)13)12-9(3)11/h8-10,12-13H,4-7,11H2,1-3H3. The minimum atomic E-state index is -0.539. The molecule has 0 heterocycles. The summed E-state index contributed by atoms with van der Waals surface area (Å²) in [5, 5.41) is 12.3. The highest BCUT2D eigenvalue weighted by molar-refractivity contribution is 4.64. The van der Waals surface area contributed by atoms with Gasteiger partial charge in [0.2, 0.25) is 0 Å². The van der Waals surface area contributed by atoms with Crippen molar-refractivity contribution >= 4 is 0 Å². The Morgan fingerprint density at radius 2 is 2.00 bits per heavy atom. The fraction of sp³-hybridized carbons (Fsp3) is 1.00. The van der Waals surface area contributed by atoms with Crippen molar-refractivity contribution in [3.05, 3.63) is 0 Å². The average molecular weight is 204 g/mol. The van der Waals surface area contributed by atoms with Gasteiger partial charge in [-0.15, -0.1) is 0 Å². The Morgan fingerprint density at radius 3 is 2.43 bits per heavy atom. The highest BCUT2D eigenvalue weighted by Crippen LogP contribution is 2.00. The van der Waals surface area contributed by atoms with Gasteiger partial charge in [0.1, 0.15) is 6.23 Å². The van der Waals surface area contributed by atoms with Crippen molar-refractivity contribution in [2.75, 3.05) is 6.61 Å². The maximum atomic E-state index is 9.37. The summed E-state index contributed by atoms with van der Waals surface area (Å²) in [6.45, 7) is 6.33. The smallest absolute Gasteiger partial charge is 0.135 e. The number of aliphatic hydroxyl groups excluding tert-OH is 1. The lowest BCUT2D eigenvalue weighted by molar-refractivity contribution is -0.0540. The molecule has 0 aliphatic rings. The Morgan fingerprint density at radius 1 is 1.36 bits per heavy atom. The number of hydrogen-bond acceptors (Lipinski definition) is 4. The largest absolute Gasteiger partial charge is 0.389 e. The first kappa shape index (κ1) is 13.8. The van der Waals surface area contributed by atoms with Gasteiger partial charge in [-0.1, -0.05) is 19.8 Å². The zero-order valence-corrected chi connectivity index (χ0v) is 9.49. The van der Waals surface area contributed by atoms with Gasteiger partial charge in [0.15, 0.2) is 0 Å². The van der Waals surface area contributed by atoms with E-state index in [1.165, 1.54) is 6.42 Å². The summed E-state index contributed by atoms with van der Waals surface area (Å²) in [4.78, 5) is 0. The van der Waals surface area contributed by atoms with E-state index in [4.69, 9.17) is 10.5 Å². The number of ether oxygens (including phenoxy) is 1. The second kappa shape index (κ2) is 8.17. The number of nitrogens with two attached hydrogens (primary N) is 1. The van der Waals surface area contributed by atoms with Crippen molar-refractivity contribution in [3.8, 4) is 0 Å². The number of aliphatic hydroxyl groups is 1. The van der Waals surface area contributed by atoms with Crippen LogP contribution >= 0.6 is 0 Å². The minimum absolute atomic E-state index is 0.166. The molecule has 0 radical (unpaired) electrons. The molecule has 0 aliphatic carbocycles. The second-order valence-corrected chi connectivity index (χ2v) is 3.69. The zero-order valence-electron chi connectivity index (χ0n) is 9.49. The molecule has 4 heteroatoms. The summed E-state index contributed by atoms with van der Waals surface area (Å²) in [6, 6.07) is 0. The van der Waals surface area contributed by atoms with Crippen molar-refractivity contribution < 1.29 is 9.84 Å². The van der Waals surface area contributed by atoms with E-state index in [1.54, 1.807) is 6.92 Å². The van der Waals surface area contributed by atoms with E-state index >= 15 is 0 Å². The second-order valence-electron chi connectivity index (χ2n) is 3.69. The van der Waals surface area contributed by atoms with Crippen molar-refractivity contribution in [3.63, 3.8) is 0 Å². The third-order valence-corrected chi connectivity index (χ3v) is 1.91. The van der Waals surface area contributed by atoms with Gasteiger partial charge in [-0.25, -0.2) is 0 Å². The lowest BCUT2D eigenvalue weighted by Crippen LogP contribution is -2.48. The topological polar surface area (TPSA) is 67.5 Å². The molecule has 86 valence electrons. The van der Waals surface area contributed by atoms with Crippen LogP contribution in [0.2, 0.25) is 0 Å². The lowest BCUT2D eigenvalue weighted by Gasteiger charge is -2.24. The molecule has 3 atom stereocenters. The molecule has 0 saturated heterocycles. The van der Waals surface area contributed by atoms with Gasteiger partial charge in [0.25, 0.3) is 0 Å². The first-order valence-electron chi connectivity index (χ1n) is 5.39. The summed E-state index contributed by atoms with van der Waals surface area (Å²) in [5.41, 5.74) is 5.56. The van der Waals surface area contributed by atoms with Crippen LogP contribution < -0.4 is 11.1 Å². The van der Waals surface area contributed by atoms with Crippen LogP contribution in [0.1, 0.15) is 40.0 Å². The van der Waals surface area contributed by atoms with E-state index in [0.29, 0.717) is 6.61 Å². The van der Waals surface area contributed by atoms with Crippen molar-refractivity contribution in [2.24, 2.45) is 5.73 Å². The normalized spacial score (nSPS) is 17.8. The SMILES string of the molecule is CCCCCOC(NC(C)N)C(C)O. The van der Waals surface area contributed by atoms with Gasteiger partial charge >= 0.3 is 0 Å². The van der Waals surface area contributed by atoms with E-state index in [1.807, 2.05) is 6.92 Å². The van der Waals surface area contributed by atoms with E-state index in [2.05, 4.69) is 12.2 Å². The number of unbranched alkanes of at least 4 members (excludes halogenated alkanes) is 2. The number of hydrogen-bond donors (Lipinski definition) is 3. The van der Waals surface area contributed by atoms with Gasteiger partial charge in [0, 0.05) is 6.61 Å². The Bertz CT molecular complexity index is 129. The molecule has 4 nitrogen and oxygen atoms in total. The molecule has 0 bridgehead atoms. The number of nitrogens with one attached hydrogen (secondary N) is 1. The van der Waals surface area contributed by atoms with E-state index in [9.17, 15) is 5.11 Å². The molecule has 0 amide bonds. The van der Waals surface area contributed by atoms with Crippen molar-refractivity contribution in [2.45, 2.75) is 58.5 Å². The van der Waals surface area contributed by atoms with E-state index in [0.717, 1.165) is 12.8 Å². The van der Waals surface area contributed by atoms with Gasteiger partial charge in [0.05, 0.1) is 12.3 Å². The van der Waals surface area contributed by atoms with Crippen LogP contribution in [-0.4, -0.2) is 30.2 Å². The van der Waals surface area contributed by atoms with E-state index in [-0.39, 0.29) is 12.4 Å². The highest BCUT2D eigenvalue weighted by Gasteiger charge is 2.15. The van der Waals surface area contributed by atoms with Crippen LogP contribution in [-0.2, 0) is 4.74 Å². The van der Waals surface area contributed by atoms with E-state index < -0.39 is 6.10 Å². The van der Waals surface area contributed by atoms with Crippen LogP contribution in [0.15, 0.2) is 0 Å². The molecule has 0 spiro atoms. The van der Waals surface area contributed by atoms with Crippen molar-refractivity contribution in [1.82, 2.24) is 5.32 Å². The average Bonchev–Trinajstić information content (AvgIpc) is 2.09. The fourth-order valence-corrected chi connectivity index (χ4v) is 1.15. The molecule has 0 rings (SSSR count). The van der Waals surface area contributed by atoms with Crippen molar-refractivity contribution in [1.29, 1.82) is 0 Å². The third-order valence-electron chi connectivity index (χ3n) is 1.91. The quantitative estimate of drug-likeness (QED) is 0.404. The molecule has 3 unspecified atom stereocenters. The van der Waals surface area contributed by atoms with Crippen LogP contribution in [0, 0.1) is 0 Å². The molecule has 0 fully saturated rings. The molecule has 0 aliphatic heterocycles. The van der Waals surface area contributed by atoms with Gasteiger partial charge in [-0.2, -0.15) is 0 Å². The first-order valence-corrected chi connectivity index (χ1v) is 5.39. The summed E-state index contributed by atoms with van der Waals surface area (Å²) >= 11 is 0. The maximum Gasteiger partial charge on any atom is 0.135 e. The Balaban J connectivity index is 3.63. The molecule has 0 aromatic carbocycles. The van der Waals surface area contributed by atoms with Gasteiger partial charge < -0.3 is 15.6 Å². The predicted octanol–water partition coefficient (Wildman–Crippen LogP) is 0.794. The van der Waals surface area contributed by atoms with Gasteiger partial charge in [-0.05, 0) is 20.3 Å². The predicted molar refractivity (Wildman–Crippen MR) is 57.7 cm³/mol. The minimum Gasteiger partial charge on any atom is -0.389 e. The Kier molecular flexibility index (Phi) is 8.08. The first-order chi connectivity index (χ1) is 6.57.